The van der Waals surface area contributed by atoms with Crippen LogP contribution in [0.1, 0.15) is 0 Å². The molecule has 0 heterocycles. The summed E-state index contributed by atoms with van der Waals surface area (Å²) in [4.78, 5) is 0. The molecule has 0 saturated carbocycles. The van der Waals surface area contributed by atoms with Crippen LogP contribution in [0.4, 0.5) is 0 Å². The van der Waals surface area contributed by atoms with Crippen molar-refractivity contribution in [2.24, 2.45) is 0 Å². The van der Waals surface area contributed by atoms with E-state index in [4.69, 9.17) is 53.5 Å². The van der Waals surface area contributed by atoms with Crippen molar-refractivity contribution in [1.82, 2.24) is 0 Å². The second kappa shape index (κ2) is 52.6. The predicted octanol–water partition coefficient (Wildman–Crippen LogP) is -13.3. The molecule has 15 nitrogen and oxygen atoms in total. The Bertz CT molecular complexity index is 221. The first-order valence-electron chi connectivity index (χ1n) is 3.06. The molecule has 0 unspecified atom stereocenters. The van der Waals surface area contributed by atoms with Crippen LogP contribution in [0.15, 0.2) is 0 Å². The average Bonchev–Trinajstić information content (AvgIpc) is 1.94. The van der Waals surface area contributed by atoms with E-state index in [0.717, 1.165) is 0 Å². The molecule has 120 valence electrons. The molecule has 0 aliphatic carbocycles. The topological polar surface area (TPSA) is 316 Å². The summed E-state index contributed by atoms with van der Waals surface area (Å²) in [6.07, 6.45) is 0. The fourth-order valence-electron chi connectivity index (χ4n) is 0. The summed E-state index contributed by atoms with van der Waals surface area (Å²) in [6.45, 7) is 0. The van der Waals surface area contributed by atoms with Crippen molar-refractivity contribution < 1.29 is 218 Å². The van der Waals surface area contributed by atoms with Gasteiger partial charge in [-0.2, -0.15) is 0 Å². The Kier molecular flexibility index (Phi) is 127. The van der Waals surface area contributed by atoms with E-state index in [2.05, 4.69) is 0 Å². The van der Waals surface area contributed by atoms with E-state index in [9.17, 15) is 0 Å². The molecular weight excluding hydrogens is 1030 g/mol. The van der Waals surface area contributed by atoms with Crippen molar-refractivity contribution in [2.75, 3.05) is 0 Å². The third kappa shape index (κ3) is 412. The molecular formula is Ba2La2O15Ti5. The van der Waals surface area contributed by atoms with Crippen molar-refractivity contribution in [3.63, 3.8) is 0 Å². The molecule has 0 aromatic heterocycles. The fourth-order valence-corrected chi connectivity index (χ4v) is 0. The summed E-state index contributed by atoms with van der Waals surface area (Å²) in [5.74, 6) is 0. The van der Waals surface area contributed by atoms with Crippen LogP contribution >= 0.6 is 0 Å². The first-order chi connectivity index (χ1) is 8.66. The first-order valence-corrected chi connectivity index (χ1v) is 12.6. The van der Waals surface area contributed by atoms with E-state index in [0.29, 0.717) is 0 Å². The summed E-state index contributed by atoms with van der Waals surface area (Å²) < 4.78 is 129. The van der Waals surface area contributed by atoms with E-state index in [1.165, 1.54) is 0 Å². The predicted molar refractivity (Wildman–Crippen MR) is 14.9 cm³/mol. The van der Waals surface area contributed by atoms with Crippen LogP contribution in [0.25, 0.3) is 0 Å². The third-order valence-corrected chi connectivity index (χ3v) is 0. The summed E-state index contributed by atoms with van der Waals surface area (Å²) in [5, 5.41) is 0. The van der Waals surface area contributed by atoms with Gasteiger partial charge >= 0.3 is 316 Å². The zero-order valence-electron chi connectivity index (χ0n) is 11.2. The van der Waals surface area contributed by atoms with E-state index >= 15 is 0 Å². The minimum atomic E-state index is -4.08. The molecule has 0 atom stereocenters. The molecule has 0 aliphatic rings. The van der Waals surface area contributed by atoms with Gasteiger partial charge in [-0.05, 0) is 0 Å². The van der Waals surface area contributed by atoms with Crippen LogP contribution in [0.2, 0.25) is 0 Å². The second-order valence-electron chi connectivity index (χ2n) is 1.25. The minimum absolute atomic E-state index is 0. The summed E-state index contributed by atoms with van der Waals surface area (Å²) in [6, 6.07) is 0. The van der Waals surface area contributed by atoms with Gasteiger partial charge in [0.25, 0.3) is 0 Å². The van der Waals surface area contributed by atoms with Crippen molar-refractivity contribution in [3.8, 4) is 0 Å². The number of hydrogen-bond donors (Lipinski definition) is 0. The summed E-state index contributed by atoms with van der Waals surface area (Å²) in [5.41, 5.74) is 0. The van der Waals surface area contributed by atoms with Crippen molar-refractivity contribution in [2.45, 2.75) is 0 Å². The molecule has 0 amide bonds. The Morgan fingerprint density at radius 2 is 0.333 bits per heavy atom. The molecule has 0 aromatic rings. The van der Waals surface area contributed by atoms with Crippen LogP contribution in [0, 0.1) is 71.2 Å². The van der Waals surface area contributed by atoms with Crippen LogP contribution in [-0.4, -0.2) is 97.8 Å². The normalized spacial score (nSPS) is 5.42. The quantitative estimate of drug-likeness (QED) is 0.204. The molecule has 0 aliphatic heterocycles. The Morgan fingerprint density at radius 3 is 0.333 bits per heavy atom. The van der Waals surface area contributed by atoms with Gasteiger partial charge < -0.3 is 0 Å². The standard InChI is InChI=1S/2Ba.2La.15O.5Ti/q2*+2;2*+3;;;;;;10*-1;;;;;. The van der Waals surface area contributed by atoms with E-state index in [1.807, 2.05) is 0 Å². The third-order valence-electron chi connectivity index (χ3n) is 0. The summed E-state index contributed by atoms with van der Waals surface area (Å²) >= 11 is -20.4. The van der Waals surface area contributed by atoms with Crippen molar-refractivity contribution in [1.29, 1.82) is 0 Å². The number of rotatable bonds is 0. The second-order valence-corrected chi connectivity index (χ2v) is 5.15. The molecule has 24 heteroatoms. The first kappa shape index (κ1) is 58.0. The van der Waals surface area contributed by atoms with Gasteiger partial charge in [0.05, 0.1) is 0 Å². The zero-order chi connectivity index (χ0) is 17.9. The van der Waals surface area contributed by atoms with Gasteiger partial charge in [0.1, 0.15) is 0 Å². The molecule has 0 spiro atoms. The molecule has 0 bridgehead atoms. The van der Waals surface area contributed by atoms with E-state index in [-0.39, 0.29) is 169 Å². The van der Waals surface area contributed by atoms with Gasteiger partial charge in [0.2, 0.25) is 0 Å². The van der Waals surface area contributed by atoms with Gasteiger partial charge in [-0.15, -0.1) is 0 Å². The van der Waals surface area contributed by atoms with E-state index < -0.39 is 93.1 Å². The fraction of sp³-hybridized carbons (Fsp3) is 0. The molecule has 0 fully saturated rings. The maximum absolute atomic E-state index is 8.58. The zero-order valence-corrected chi connectivity index (χ0v) is 35.1. The van der Waals surface area contributed by atoms with Crippen LogP contribution in [-0.2, 0) is 110 Å². The van der Waals surface area contributed by atoms with Gasteiger partial charge in [-0.1, -0.05) is 0 Å². The van der Waals surface area contributed by atoms with Gasteiger partial charge in [0, 0.05) is 0 Å². The molecule has 0 radical (unpaired) electrons. The molecule has 0 rings (SSSR count). The molecule has 0 N–H and O–H groups in total. The van der Waals surface area contributed by atoms with Gasteiger partial charge in [0.15, 0.2) is 0 Å². The van der Waals surface area contributed by atoms with Crippen LogP contribution in [0.5, 0.6) is 0 Å². The number of hydrogen-bond acceptors (Lipinski definition) is 15. The maximum atomic E-state index is 8.58. The van der Waals surface area contributed by atoms with Crippen LogP contribution in [0.3, 0.4) is 0 Å². The monoisotopic (exact) mass is 1030 g/mol. The van der Waals surface area contributed by atoms with Gasteiger partial charge in [-0.3, -0.25) is 0 Å². The Hall–Kier alpha value is 7.70. The molecule has 0 aromatic carbocycles. The molecule has 0 saturated heterocycles. The summed E-state index contributed by atoms with van der Waals surface area (Å²) in [7, 11) is 0. The van der Waals surface area contributed by atoms with Crippen molar-refractivity contribution >= 4 is 97.8 Å². The SMILES string of the molecule is [Ba+2].[Ba+2].[La+3].[La+3].[O]=[Ti]([O-])[O-].[O]=[Ti]([O-])[O-].[O]=[Ti]([O-])[O-].[O]=[Ti]([O-])[O-].[O]=[Ti]([O-])[O-]. The van der Waals surface area contributed by atoms with Crippen LogP contribution < -0.4 is 36.9 Å². The average molecular weight is 1030 g/mol. The Morgan fingerprint density at radius 1 is 0.333 bits per heavy atom. The molecule has 24 heavy (non-hydrogen) atoms. The van der Waals surface area contributed by atoms with Crippen molar-refractivity contribution in [3.05, 3.63) is 0 Å². The van der Waals surface area contributed by atoms with Gasteiger partial charge in [-0.25, -0.2) is 0 Å². The Balaban J connectivity index is -0.0000000161. The van der Waals surface area contributed by atoms with E-state index in [1.54, 1.807) is 0 Å². The Labute approximate surface area is 306 Å².